The molecule has 51 heteroatoms. The van der Waals surface area contributed by atoms with E-state index in [9.17, 15) is 151 Å². The number of rotatable bonds is 67. The van der Waals surface area contributed by atoms with Gasteiger partial charge in [-0.05, 0) is 19.3 Å². The summed E-state index contributed by atoms with van der Waals surface area (Å²) >= 11 is 0. The van der Waals surface area contributed by atoms with Crippen LogP contribution in [0.15, 0.2) is 12.2 Å². The van der Waals surface area contributed by atoms with E-state index in [1.54, 1.807) is 6.08 Å². The second-order valence-electron chi connectivity index (χ2n) is 40.6. The smallest absolute Gasteiger partial charge is 0.364 e. The van der Waals surface area contributed by atoms with Gasteiger partial charge in [-0.3, -0.25) is 24.0 Å². The van der Waals surface area contributed by atoms with E-state index < -0.39 is 365 Å². The molecule has 0 aliphatic carbocycles. The predicted molar refractivity (Wildman–Crippen MR) is 518 cm³/mol. The molecular formula is C99H175N5O46. The maximum Gasteiger partial charge on any atom is 0.364 e. The molecule has 8 aliphatic rings. The molecule has 0 spiro atoms. The highest BCUT2D eigenvalue weighted by Gasteiger charge is 2.63. The van der Waals surface area contributed by atoms with E-state index >= 15 is 0 Å². The fourth-order valence-electron chi connectivity index (χ4n) is 20.2. The van der Waals surface area contributed by atoms with Gasteiger partial charge in [-0.15, -0.1) is 0 Å². The number of hydrogen-bond acceptors (Lipinski definition) is 45. The maximum atomic E-state index is 13.9. The quantitative estimate of drug-likeness (QED) is 0.0199. The van der Waals surface area contributed by atoms with E-state index in [4.69, 9.17) is 75.8 Å². The molecule has 29 N–H and O–H groups in total. The number of ether oxygens (including phenoxy) is 16. The number of carboxylic acids is 1. The van der Waals surface area contributed by atoms with Crippen molar-refractivity contribution in [3.63, 3.8) is 0 Å². The fraction of sp³-hybridized carbons (Fsp3) is 0.919. The van der Waals surface area contributed by atoms with Crippen molar-refractivity contribution in [3.8, 4) is 0 Å². The summed E-state index contributed by atoms with van der Waals surface area (Å²) < 4.78 is 96.6. The van der Waals surface area contributed by atoms with Crippen molar-refractivity contribution in [2.24, 2.45) is 0 Å². The van der Waals surface area contributed by atoms with Gasteiger partial charge in [0.05, 0.1) is 83.8 Å². The third kappa shape index (κ3) is 37.9. The second kappa shape index (κ2) is 66.8. The van der Waals surface area contributed by atoms with Gasteiger partial charge in [0, 0.05) is 40.5 Å². The number of carbonyl (C=O) groups excluding carboxylic acids is 5. The lowest BCUT2D eigenvalue weighted by Crippen LogP contribution is -2.71. The third-order valence-corrected chi connectivity index (χ3v) is 28.7. The first-order valence-corrected chi connectivity index (χ1v) is 53.6. The molecule has 0 aromatic carbocycles. The summed E-state index contributed by atoms with van der Waals surface area (Å²) in [7, 11) is 0. The zero-order valence-electron chi connectivity index (χ0n) is 86.8. The molecule has 16 unspecified atom stereocenters. The number of amides is 5. The van der Waals surface area contributed by atoms with Crippen molar-refractivity contribution >= 4 is 35.5 Å². The summed E-state index contributed by atoms with van der Waals surface area (Å²) in [6.45, 7) is -1.41. The van der Waals surface area contributed by atoms with Crippen molar-refractivity contribution < 1.29 is 227 Å². The number of unbranched alkanes of at least 4 members (excludes halogenated alkanes) is 29. The summed E-state index contributed by atoms with van der Waals surface area (Å²) in [5, 5.41) is 287. The fourth-order valence-corrected chi connectivity index (χ4v) is 20.2. The molecule has 8 saturated heterocycles. The molecule has 8 rings (SSSR count). The molecule has 51 nitrogen and oxygen atoms in total. The molecule has 8 fully saturated rings. The van der Waals surface area contributed by atoms with Crippen molar-refractivity contribution in [3.05, 3.63) is 12.2 Å². The Hall–Kier alpha value is -5.00. The molecular weight excluding hydrogens is 2000 g/mol. The largest absolute Gasteiger partial charge is 0.477 e. The Morgan fingerprint density at radius 3 is 1.16 bits per heavy atom. The van der Waals surface area contributed by atoms with Gasteiger partial charge in [0.2, 0.25) is 29.5 Å². The van der Waals surface area contributed by atoms with E-state index in [-0.39, 0.29) is 6.42 Å². The number of hydrogen-bond donors (Lipinski definition) is 29. The molecule has 0 saturated carbocycles. The van der Waals surface area contributed by atoms with Crippen molar-refractivity contribution in [1.82, 2.24) is 26.6 Å². The Kier molecular flexibility index (Phi) is 57.9. The summed E-state index contributed by atoms with van der Waals surface area (Å²) in [5.74, 6) is -9.43. The molecule has 150 heavy (non-hydrogen) atoms. The van der Waals surface area contributed by atoms with Crippen LogP contribution in [0, 0.1) is 0 Å². The molecule has 8 aliphatic heterocycles. The Labute approximate surface area is 873 Å². The summed E-state index contributed by atoms with van der Waals surface area (Å²) in [5.41, 5.74) is 0. The molecule has 0 radical (unpaired) electrons. The SMILES string of the molecule is CCCCCCCCCCCCC/C=C/[C@@H](O)[C@H](CO[C@@H]1OC(CO)[C@@H](O[C@@H]2OC(CO[C@@H]3OC(CO)[C@@H](O[C@@H]4OC(CO)[C@H](O)[C@H](O[C@]5(C(=O)O)CC(O)[C@@H](NC(C)=O)C([C@H](O)[C@H](O)CO)O5)C4O)[C@H](O)C3NC(C)=O)[C@H](O)[C@H](O[C@H]3OC(CO)[C@H](O)[C@H](O[C@@H]4OC(CO)[C@H](O)[C@H](O[C@H]5OC(CO)[C@H](O)[C@H](O)C5NC(C)=O)C4NC(C)=O)C3O)C2O)[C@H](O)C1O)NC(=O)CCCCCCCCCCCCCCCCCCCCC. The summed E-state index contributed by atoms with van der Waals surface area (Å²) in [6.07, 6.45) is -41.8. The minimum Gasteiger partial charge on any atom is -0.477 e. The number of aliphatic carboxylic acids is 1. The second-order valence-corrected chi connectivity index (χ2v) is 40.6. The van der Waals surface area contributed by atoms with Crippen LogP contribution in [0.4, 0.5) is 0 Å². The van der Waals surface area contributed by atoms with Gasteiger partial charge in [0.25, 0.3) is 5.79 Å². The van der Waals surface area contributed by atoms with Crippen LogP contribution < -0.4 is 26.6 Å². The molecule has 0 aromatic rings. The molecule has 8 heterocycles. The number of aliphatic hydroxyl groups excluding tert-OH is 23. The average molecular weight is 2170 g/mol. The van der Waals surface area contributed by atoms with Crippen LogP contribution in [-0.2, 0) is 105 Å². The Morgan fingerprint density at radius 2 is 0.707 bits per heavy atom. The zero-order chi connectivity index (χ0) is 110. The average Bonchev–Trinajstić information content (AvgIpc) is 0.747. The number of nitrogens with one attached hydrogen (secondary N) is 5. The Bertz CT molecular complexity index is 3850. The number of carbonyl (C=O) groups is 6. The van der Waals surface area contributed by atoms with Gasteiger partial charge in [-0.1, -0.05) is 206 Å². The predicted octanol–water partition coefficient (Wildman–Crippen LogP) is -5.72. The van der Waals surface area contributed by atoms with Crippen LogP contribution in [0.1, 0.15) is 253 Å². The molecule has 5 amide bonds. The van der Waals surface area contributed by atoms with E-state index in [1.807, 2.05) is 0 Å². The van der Waals surface area contributed by atoms with E-state index in [0.29, 0.717) is 12.8 Å². The van der Waals surface area contributed by atoms with E-state index in [2.05, 4.69) is 40.4 Å². The minimum atomic E-state index is -3.29. The van der Waals surface area contributed by atoms with Crippen LogP contribution in [0.25, 0.3) is 0 Å². The lowest BCUT2D eigenvalue weighted by Gasteiger charge is -2.51. The first-order chi connectivity index (χ1) is 71.7. The lowest BCUT2D eigenvalue weighted by atomic mass is 9.88. The molecule has 43 atom stereocenters. The van der Waals surface area contributed by atoms with Gasteiger partial charge < -0.3 is 225 Å². The Balaban J connectivity index is 1.05. The molecule has 0 aromatic heterocycles. The van der Waals surface area contributed by atoms with Crippen molar-refractivity contribution in [2.75, 3.05) is 59.5 Å². The van der Waals surface area contributed by atoms with Gasteiger partial charge in [0.15, 0.2) is 44.0 Å². The van der Waals surface area contributed by atoms with E-state index in [0.717, 1.165) is 91.9 Å². The van der Waals surface area contributed by atoms with Gasteiger partial charge >= 0.3 is 5.97 Å². The first kappa shape index (κ1) is 130. The van der Waals surface area contributed by atoms with Crippen LogP contribution in [0.3, 0.4) is 0 Å². The molecule has 872 valence electrons. The first-order valence-electron chi connectivity index (χ1n) is 53.6. The van der Waals surface area contributed by atoms with Gasteiger partial charge in [-0.2, -0.15) is 0 Å². The minimum absolute atomic E-state index is 0.0839. The summed E-state index contributed by atoms with van der Waals surface area (Å²) in [4.78, 5) is 78.6. The van der Waals surface area contributed by atoms with Crippen molar-refractivity contribution in [2.45, 2.75) is 517 Å². The Morgan fingerprint density at radius 1 is 0.353 bits per heavy atom. The highest BCUT2D eigenvalue weighted by molar-refractivity contribution is 5.77. The zero-order valence-corrected chi connectivity index (χ0v) is 86.8. The highest BCUT2D eigenvalue weighted by Crippen LogP contribution is 2.42. The van der Waals surface area contributed by atoms with Crippen LogP contribution >= 0.6 is 0 Å². The number of carboxylic acid groups (broad SMARTS) is 1. The van der Waals surface area contributed by atoms with Crippen LogP contribution in [0.5, 0.6) is 0 Å². The maximum absolute atomic E-state index is 13.9. The van der Waals surface area contributed by atoms with Gasteiger partial charge in [-0.25, -0.2) is 4.79 Å². The number of allylic oxidation sites excluding steroid dienone is 1. The van der Waals surface area contributed by atoms with Crippen LogP contribution in [0.2, 0.25) is 0 Å². The van der Waals surface area contributed by atoms with Gasteiger partial charge in [0.1, 0.15) is 189 Å². The summed E-state index contributed by atoms with van der Waals surface area (Å²) in [6, 6.07) is -8.50. The standard InChI is InChI=1S/C99H175N5O46/c1-7-9-11-13-15-17-19-21-22-23-24-25-26-28-30-32-34-36-38-40-66(119)104-55(56(116)39-37-35-33-31-29-27-20-18-16-14-12-10-8-2)49-135-94-80(129)79(128)85(64(48-111)142-94)145-96-82(131)89(148-95-81(130)88(74(123)61(45-108)139-95)147-93-70(103-54(6)115)86(73(122)60(44-107)138-93)146-92-68(101-52(4)113)77(126)72(121)59(43-106)137-92)76(125)65(143-96)50-136-91-69(102-53(5)114)78(127)84(63(47-110)141-91)144-97-83(132)90(75(124)62(46-109)140-97)150-99(98(133)134)41-57(117)67(100-51(3)112)87(149-99)71(120)58(118)42-105/h37,39,55-65,67-97,105-111,116-118,120-132H,7-36,38,40-50H2,1-6H3,(H,100,112)(H,101,113)(H,102,114)(H,103,115)(H,104,119)(H,133,134)/b39-37+/t55-,56+,57?,58+,59?,60?,61?,62?,63?,64?,65?,67+,68?,69?,70?,71+,72-,73-,74-,75-,76-,77+,78+,79+,80?,81?,82?,83?,84+,85+,86+,87?,88-,89-,90-,91+,92+,93-,94+,95+,96-,97-,99-/m0/s1. The van der Waals surface area contributed by atoms with Crippen molar-refractivity contribution in [1.29, 1.82) is 0 Å². The van der Waals surface area contributed by atoms with E-state index in [1.165, 1.54) is 128 Å². The van der Waals surface area contributed by atoms with Crippen LogP contribution in [-0.4, -0.2) is 481 Å². The highest BCUT2D eigenvalue weighted by atomic mass is 16.8. The third-order valence-electron chi connectivity index (χ3n) is 28.7. The number of aliphatic hydroxyl groups is 23. The monoisotopic (exact) mass is 2170 g/mol. The lowest BCUT2D eigenvalue weighted by molar-refractivity contribution is -0.393. The topological polar surface area (TPSA) is 796 Å². The normalized spacial score (nSPS) is 37.3. The molecule has 0 bridgehead atoms.